The number of aliphatic carboxylic acids is 1. The van der Waals surface area contributed by atoms with Gasteiger partial charge < -0.3 is 10.4 Å². The lowest BCUT2D eigenvalue weighted by Crippen LogP contribution is -2.20. The summed E-state index contributed by atoms with van der Waals surface area (Å²) in [6, 6.07) is -0.947. The van der Waals surface area contributed by atoms with Crippen molar-refractivity contribution in [3.05, 3.63) is 30.5 Å². The fraction of sp³-hybridized carbons (Fsp3) is 0.250. The van der Waals surface area contributed by atoms with Gasteiger partial charge in [-0.1, -0.05) is 0 Å². The number of hydrogen-bond donors (Lipinski definition) is 2. The number of aryl methyl sites for hydroxylation is 2. The maximum Gasteiger partial charge on any atom is 0.330 e. The average molecular weight is 287 g/mol. The smallest absolute Gasteiger partial charge is 0.330 e. The molecule has 3 rings (SSSR count). The van der Waals surface area contributed by atoms with Gasteiger partial charge in [-0.2, -0.15) is 10.2 Å². The minimum atomic E-state index is -1.02. The Morgan fingerprint density at radius 3 is 2.76 bits per heavy atom. The first kappa shape index (κ1) is 13.0. The Hall–Kier alpha value is -2.97. The second kappa shape index (κ2) is 4.85. The van der Waals surface area contributed by atoms with E-state index in [0.717, 1.165) is 0 Å². The van der Waals surface area contributed by atoms with Gasteiger partial charge in [0, 0.05) is 25.9 Å². The molecule has 3 aromatic rings. The third-order valence-electron chi connectivity index (χ3n) is 3.12. The molecule has 0 aromatic carbocycles. The summed E-state index contributed by atoms with van der Waals surface area (Å²) >= 11 is 0. The molecule has 2 N–H and O–H groups in total. The van der Waals surface area contributed by atoms with Crippen molar-refractivity contribution in [2.75, 3.05) is 5.32 Å². The van der Waals surface area contributed by atoms with Crippen LogP contribution in [-0.2, 0) is 18.9 Å². The molecule has 0 saturated heterocycles. The van der Waals surface area contributed by atoms with E-state index in [2.05, 4.69) is 25.5 Å². The molecular weight excluding hydrogens is 274 g/mol. The standard InChI is InChI=1S/C12H13N7O2/c1-18-5-7(3-15-18)9(12(20)21)17-10-8-4-16-19(2)11(8)14-6-13-10/h3-6,9H,1-2H3,(H,20,21)(H,13,14,17). The van der Waals surface area contributed by atoms with Gasteiger partial charge in [0.1, 0.15) is 12.1 Å². The molecule has 0 aliphatic carbocycles. The third-order valence-corrected chi connectivity index (χ3v) is 3.12. The molecule has 3 heterocycles. The Balaban J connectivity index is 2.00. The summed E-state index contributed by atoms with van der Waals surface area (Å²) in [5, 5.41) is 21.1. The summed E-state index contributed by atoms with van der Waals surface area (Å²) in [6.45, 7) is 0. The van der Waals surface area contributed by atoms with Crippen LogP contribution < -0.4 is 5.32 Å². The summed E-state index contributed by atoms with van der Waals surface area (Å²) < 4.78 is 3.15. The van der Waals surface area contributed by atoms with Crippen molar-refractivity contribution in [1.29, 1.82) is 0 Å². The van der Waals surface area contributed by atoms with Crippen molar-refractivity contribution in [1.82, 2.24) is 29.5 Å². The minimum absolute atomic E-state index is 0.421. The molecule has 1 atom stereocenters. The largest absolute Gasteiger partial charge is 0.479 e. The van der Waals surface area contributed by atoms with Gasteiger partial charge >= 0.3 is 5.97 Å². The zero-order valence-corrected chi connectivity index (χ0v) is 11.4. The Labute approximate surface area is 119 Å². The van der Waals surface area contributed by atoms with Gasteiger partial charge in [-0.15, -0.1) is 0 Å². The number of anilines is 1. The lowest BCUT2D eigenvalue weighted by molar-refractivity contribution is -0.138. The van der Waals surface area contributed by atoms with Crippen LogP contribution in [0.5, 0.6) is 0 Å². The molecule has 3 aromatic heterocycles. The first-order valence-corrected chi connectivity index (χ1v) is 6.17. The third kappa shape index (κ3) is 2.29. The van der Waals surface area contributed by atoms with Gasteiger partial charge in [-0.25, -0.2) is 14.8 Å². The Kier molecular flexibility index (Phi) is 3.01. The number of carboxylic acid groups (broad SMARTS) is 1. The zero-order valence-electron chi connectivity index (χ0n) is 11.4. The number of carboxylic acids is 1. The van der Waals surface area contributed by atoms with Gasteiger partial charge in [-0.3, -0.25) is 9.36 Å². The van der Waals surface area contributed by atoms with E-state index in [-0.39, 0.29) is 0 Å². The quantitative estimate of drug-likeness (QED) is 0.711. The number of nitrogens with zero attached hydrogens (tertiary/aromatic N) is 6. The number of carbonyl (C=O) groups is 1. The number of rotatable bonds is 4. The van der Waals surface area contributed by atoms with E-state index >= 15 is 0 Å². The Morgan fingerprint density at radius 1 is 1.29 bits per heavy atom. The van der Waals surface area contributed by atoms with Gasteiger partial charge in [0.15, 0.2) is 11.7 Å². The molecule has 21 heavy (non-hydrogen) atoms. The van der Waals surface area contributed by atoms with Crippen LogP contribution >= 0.6 is 0 Å². The van der Waals surface area contributed by atoms with Crippen LogP contribution in [0, 0.1) is 0 Å². The number of hydrogen-bond acceptors (Lipinski definition) is 6. The maximum absolute atomic E-state index is 11.5. The minimum Gasteiger partial charge on any atom is -0.479 e. The maximum atomic E-state index is 11.5. The van der Waals surface area contributed by atoms with Crippen molar-refractivity contribution in [3.8, 4) is 0 Å². The molecule has 9 nitrogen and oxygen atoms in total. The summed E-state index contributed by atoms with van der Waals surface area (Å²) in [5.74, 6) is -0.594. The number of fused-ring (bicyclic) bond motifs is 1. The second-order valence-corrected chi connectivity index (χ2v) is 4.59. The summed E-state index contributed by atoms with van der Waals surface area (Å²) in [6.07, 6.45) is 6.12. The SMILES string of the molecule is Cn1cc(C(Nc2ncnc3c2cnn3C)C(=O)O)cn1. The summed E-state index contributed by atoms with van der Waals surface area (Å²) in [7, 11) is 3.49. The molecule has 9 heteroatoms. The highest BCUT2D eigenvalue weighted by Crippen LogP contribution is 2.23. The highest BCUT2D eigenvalue weighted by atomic mass is 16.4. The molecule has 0 spiro atoms. The van der Waals surface area contributed by atoms with Crippen molar-refractivity contribution in [2.45, 2.75) is 6.04 Å². The molecule has 0 amide bonds. The topological polar surface area (TPSA) is 111 Å². The van der Waals surface area contributed by atoms with Crippen LogP contribution in [0.2, 0.25) is 0 Å². The second-order valence-electron chi connectivity index (χ2n) is 4.59. The van der Waals surface area contributed by atoms with Crippen LogP contribution in [0.25, 0.3) is 11.0 Å². The summed E-state index contributed by atoms with van der Waals surface area (Å²) in [5.41, 5.74) is 1.17. The van der Waals surface area contributed by atoms with E-state index in [4.69, 9.17) is 0 Å². The lowest BCUT2D eigenvalue weighted by atomic mass is 10.1. The average Bonchev–Trinajstić information content (AvgIpc) is 3.03. The van der Waals surface area contributed by atoms with Crippen molar-refractivity contribution in [2.24, 2.45) is 14.1 Å². The van der Waals surface area contributed by atoms with E-state index in [1.807, 2.05) is 0 Å². The Bertz CT molecular complexity index is 807. The van der Waals surface area contributed by atoms with Crippen LogP contribution in [0.4, 0.5) is 5.82 Å². The highest BCUT2D eigenvalue weighted by Gasteiger charge is 2.23. The monoisotopic (exact) mass is 287 g/mol. The predicted molar refractivity (Wildman–Crippen MR) is 73.5 cm³/mol. The molecule has 108 valence electrons. The fourth-order valence-electron chi connectivity index (χ4n) is 2.09. The predicted octanol–water partition coefficient (Wildman–Crippen LogP) is 0.335. The van der Waals surface area contributed by atoms with E-state index < -0.39 is 12.0 Å². The van der Waals surface area contributed by atoms with Crippen LogP contribution in [0.15, 0.2) is 24.9 Å². The van der Waals surface area contributed by atoms with E-state index in [9.17, 15) is 9.90 Å². The normalized spacial score (nSPS) is 12.5. The van der Waals surface area contributed by atoms with Crippen LogP contribution in [0.1, 0.15) is 11.6 Å². The van der Waals surface area contributed by atoms with Gasteiger partial charge in [0.25, 0.3) is 0 Å². The van der Waals surface area contributed by atoms with Crippen LogP contribution in [-0.4, -0.2) is 40.6 Å². The van der Waals surface area contributed by atoms with Crippen LogP contribution in [0.3, 0.4) is 0 Å². The summed E-state index contributed by atoms with van der Waals surface area (Å²) in [4.78, 5) is 19.7. The molecular formula is C12H13N7O2. The van der Waals surface area contributed by atoms with Crippen molar-refractivity contribution in [3.63, 3.8) is 0 Å². The van der Waals surface area contributed by atoms with Gasteiger partial charge in [0.2, 0.25) is 0 Å². The molecule has 0 fully saturated rings. The zero-order chi connectivity index (χ0) is 15.0. The number of aromatic nitrogens is 6. The van der Waals surface area contributed by atoms with Crippen molar-refractivity contribution >= 4 is 22.8 Å². The molecule has 1 unspecified atom stereocenters. The van der Waals surface area contributed by atoms with Crippen molar-refractivity contribution < 1.29 is 9.90 Å². The first-order chi connectivity index (χ1) is 10.1. The molecule has 0 saturated carbocycles. The number of nitrogens with one attached hydrogen (secondary N) is 1. The van der Waals surface area contributed by atoms with E-state index in [1.165, 1.54) is 12.5 Å². The highest BCUT2D eigenvalue weighted by molar-refractivity contribution is 5.88. The molecule has 0 bridgehead atoms. The fourth-order valence-corrected chi connectivity index (χ4v) is 2.09. The Morgan fingerprint density at radius 2 is 2.10 bits per heavy atom. The first-order valence-electron chi connectivity index (χ1n) is 6.17. The van der Waals surface area contributed by atoms with Gasteiger partial charge in [-0.05, 0) is 0 Å². The van der Waals surface area contributed by atoms with Gasteiger partial charge in [0.05, 0.1) is 17.8 Å². The van der Waals surface area contributed by atoms with E-state index in [0.29, 0.717) is 22.4 Å². The molecule has 0 aliphatic rings. The van der Waals surface area contributed by atoms with E-state index in [1.54, 1.807) is 35.9 Å². The molecule has 0 aliphatic heterocycles. The lowest BCUT2D eigenvalue weighted by Gasteiger charge is -2.13. The molecule has 0 radical (unpaired) electrons.